The van der Waals surface area contributed by atoms with Gasteiger partial charge in [-0.1, -0.05) is 19.8 Å². The summed E-state index contributed by atoms with van der Waals surface area (Å²) in [4.78, 5) is 26.4. The van der Waals surface area contributed by atoms with Crippen LogP contribution in [0.15, 0.2) is 53.4 Å². The lowest BCUT2D eigenvalue weighted by atomic mass is 10.2. The molecule has 0 saturated heterocycles. The molecule has 0 spiro atoms. The minimum Gasteiger partial charge on any atom is -0.494 e. The van der Waals surface area contributed by atoms with Crippen LogP contribution in [0.2, 0.25) is 0 Å². The molecule has 1 N–H and O–H groups in total. The van der Waals surface area contributed by atoms with Crippen molar-refractivity contribution in [2.45, 2.75) is 31.1 Å². The Labute approximate surface area is 165 Å². The highest BCUT2D eigenvalue weighted by molar-refractivity contribution is 8.13. The maximum atomic E-state index is 12.4. The van der Waals surface area contributed by atoms with Crippen molar-refractivity contribution < 1.29 is 14.3 Å². The molecule has 0 heterocycles. The SMILES string of the molecule is CCCCCOc1ccc(C(=O)Nc2ccc(SC(=O)N(C)C)cc2)cc1. The number of unbranched alkanes of at least 4 members (excludes halogenated alkanes) is 2. The van der Waals surface area contributed by atoms with Crippen molar-refractivity contribution in [3.8, 4) is 5.75 Å². The Morgan fingerprint density at radius 3 is 2.26 bits per heavy atom. The largest absolute Gasteiger partial charge is 0.494 e. The van der Waals surface area contributed by atoms with Crippen molar-refractivity contribution >= 4 is 28.6 Å². The molecule has 0 aliphatic carbocycles. The second kappa shape index (κ2) is 10.6. The molecule has 0 bridgehead atoms. The Kier molecular flexibility index (Phi) is 8.20. The van der Waals surface area contributed by atoms with Crippen LogP contribution in [0.25, 0.3) is 0 Å². The number of hydrogen-bond donors (Lipinski definition) is 1. The number of rotatable bonds is 8. The van der Waals surface area contributed by atoms with Crippen molar-refractivity contribution in [1.29, 1.82) is 0 Å². The molecule has 144 valence electrons. The van der Waals surface area contributed by atoms with Crippen molar-refractivity contribution in [3.05, 3.63) is 54.1 Å². The number of hydrogen-bond acceptors (Lipinski definition) is 4. The number of benzene rings is 2. The van der Waals surface area contributed by atoms with Gasteiger partial charge in [-0.15, -0.1) is 0 Å². The average Bonchev–Trinajstić information content (AvgIpc) is 2.67. The Morgan fingerprint density at radius 2 is 1.67 bits per heavy atom. The summed E-state index contributed by atoms with van der Waals surface area (Å²) in [5.41, 5.74) is 1.25. The van der Waals surface area contributed by atoms with Gasteiger partial charge < -0.3 is 15.0 Å². The zero-order valence-corrected chi connectivity index (χ0v) is 16.8. The van der Waals surface area contributed by atoms with Crippen LogP contribution >= 0.6 is 11.8 Å². The Morgan fingerprint density at radius 1 is 1.00 bits per heavy atom. The topological polar surface area (TPSA) is 58.6 Å². The highest BCUT2D eigenvalue weighted by Gasteiger charge is 2.09. The summed E-state index contributed by atoms with van der Waals surface area (Å²) in [6.45, 7) is 2.85. The van der Waals surface area contributed by atoms with E-state index in [-0.39, 0.29) is 11.1 Å². The summed E-state index contributed by atoms with van der Waals surface area (Å²) in [7, 11) is 3.43. The van der Waals surface area contributed by atoms with Gasteiger partial charge in [0, 0.05) is 30.2 Å². The first kappa shape index (κ1) is 20.8. The summed E-state index contributed by atoms with van der Waals surface area (Å²) in [6.07, 6.45) is 3.35. The lowest BCUT2D eigenvalue weighted by Crippen LogP contribution is -2.16. The summed E-state index contributed by atoms with van der Waals surface area (Å²) in [5.74, 6) is 0.590. The number of nitrogens with zero attached hydrogens (tertiary/aromatic N) is 1. The molecule has 0 atom stereocenters. The fraction of sp³-hybridized carbons (Fsp3) is 0.333. The predicted octanol–water partition coefficient (Wildman–Crippen LogP) is 5.28. The van der Waals surface area contributed by atoms with Crippen molar-refractivity contribution in [2.75, 3.05) is 26.0 Å². The van der Waals surface area contributed by atoms with E-state index in [2.05, 4.69) is 12.2 Å². The average molecular weight is 387 g/mol. The zero-order chi connectivity index (χ0) is 19.6. The molecule has 0 fully saturated rings. The van der Waals surface area contributed by atoms with E-state index in [1.165, 1.54) is 4.90 Å². The van der Waals surface area contributed by atoms with Gasteiger partial charge in [-0.2, -0.15) is 0 Å². The molecule has 2 amide bonds. The summed E-state index contributed by atoms with van der Waals surface area (Å²) in [5, 5.41) is 2.82. The van der Waals surface area contributed by atoms with E-state index in [1.54, 1.807) is 38.4 Å². The van der Waals surface area contributed by atoms with Gasteiger partial charge in [0.05, 0.1) is 6.61 Å². The van der Waals surface area contributed by atoms with Crippen molar-refractivity contribution in [1.82, 2.24) is 4.90 Å². The van der Waals surface area contributed by atoms with E-state index in [0.29, 0.717) is 17.9 Å². The molecule has 2 rings (SSSR count). The van der Waals surface area contributed by atoms with Gasteiger partial charge in [-0.05, 0) is 66.7 Å². The standard InChI is InChI=1S/C21H26N2O3S/c1-4-5-6-15-26-18-11-7-16(8-12-18)20(24)22-17-9-13-19(14-10-17)27-21(25)23(2)3/h7-14H,4-6,15H2,1-3H3,(H,22,24). The van der Waals surface area contributed by atoms with Crippen molar-refractivity contribution in [3.63, 3.8) is 0 Å². The second-order valence-electron chi connectivity index (χ2n) is 6.32. The van der Waals surface area contributed by atoms with E-state index in [0.717, 1.165) is 41.7 Å². The third-order valence-corrected chi connectivity index (χ3v) is 4.86. The van der Waals surface area contributed by atoms with Gasteiger partial charge in [0.15, 0.2) is 0 Å². The van der Waals surface area contributed by atoms with Crippen LogP contribution in [0, 0.1) is 0 Å². The molecular formula is C21H26N2O3S. The van der Waals surface area contributed by atoms with Crippen molar-refractivity contribution in [2.24, 2.45) is 0 Å². The highest BCUT2D eigenvalue weighted by atomic mass is 32.2. The lowest BCUT2D eigenvalue weighted by Gasteiger charge is -2.10. The van der Waals surface area contributed by atoms with Gasteiger partial charge in [-0.3, -0.25) is 9.59 Å². The number of anilines is 1. The zero-order valence-electron chi connectivity index (χ0n) is 16.0. The van der Waals surface area contributed by atoms with E-state index >= 15 is 0 Å². The molecule has 6 heteroatoms. The molecule has 0 unspecified atom stereocenters. The normalized spacial score (nSPS) is 10.3. The van der Waals surface area contributed by atoms with Crippen LogP contribution in [-0.2, 0) is 0 Å². The first-order chi connectivity index (χ1) is 13.0. The van der Waals surface area contributed by atoms with Crippen LogP contribution in [0.5, 0.6) is 5.75 Å². The van der Waals surface area contributed by atoms with Crippen LogP contribution in [-0.4, -0.2) is 36.7 Å². The fourth-order valence-electron chi connectivity index (χ4n) is 2.25. The predicted molar refractivity (Wildman–Crippen MR) is 111 cm³/mol. The maximum Gasteiger partial charge on any atom is 0.285 e. The molecular weight excluding hydrogens is 360 g/mol. The number of ether oxygens (including phenoxy) is 1. The molecule has 2 aromatic carbocycles. The first-order valence-electron chi connectivity index (χ1n) is 9.03. The monoisotopic (exact) mass is 386 g/mol. The number of nitrogens with one attached hydrogen (secondary N) is 1. The lowest BCUT2D eigenvalue weighted by molar-refractivity contribution is 0.102. The van der Waals surface area contributed by atoms with Crippen LogP contribution < -0.4 is 10.1 Å². The van der Waals surface area contributed by atoms with Gasteiger partial charge in [0.1, 0.15) is 5.75 Å². The Hall–Kier alpha value is -2.47. The molecule has 0 radical (unpaired) electrons. The van der Waals surface area contributed by atoms with Crippen LogP contribution in [0.1, 0.15) is 36.5 Å². The Bertz CT molecular complexity index is 743. The highest BCUT2D eigenvalue weighted by Crippen LogP contribution is 2.23. The number of thioether (sulfide) groups is 1. The van der Waals surface area contributed by atoms with E-state index < -0.39 is 0 Å². The van der Waals surface area contributed by atoms with E-state index in [4.69, 9.17) is 4.74 Å². The molecule has 0 aliphatic rings. The third kappa shape index (κ3) is 6.98. The summed E-state index contributed by atoms with van der Waals surface area (Å²) in [6, 6.07) is 14.3. The second-order valence-corrected chi connectivity index (χ2v) is 7.35. The minimum atomic E-state index is -0.183. The third-order valence-electron chi connectivity index (χ3n) is 3.82. The summed E-state index contributed by atoms with van der Waals surface area (Å²) >= 11 is 1.15. The molecule has 27 heavy (non-hydrogen) atoms. The molecule has 5 nitrogen and oxygen atoms in total. The van der Waals surface area contributed by atoms with Gasteiger partial charge in [0.2, 0.25) is 0 Å². The molecule has 0 aliphatic heterocycles. The number of carbonyl (C=O) groups excluding carboxylic acids is 2. The quantitative estimate of drug-likeness (QED) is 0.495. The van der Waals surface area contributed by atoms with Crippen LogP contribution in [0.4, 0.5) is 10.5 Å². The van der Waals surface area contributed by atoms with Gasteiger partial charge >= 0.3 is 0 Å². The fourth-order valence-corrected chi connectivity index (χ4v) is 2.90. The molecule has 0 saturated carbocycles. The van der Waals surface area contributed by atoms with E-state index in [9.17, 15) is 9.59 Å². The minimum absolute atomic E-state index is 0.0382. The van der Waals surface area contributed by atoms with Gasteiger partial charge in [-0.25, -0.2) is 0 Å². The van der Waals surface area contributed by atoms with E-state index in [1.807, 2.05) is 24.3 Å². The first-order valence-corrected chi connectivity index (χ1v) is 9.84. The molecule has 2 aromatic rings. The summed E-state index contributed by atoms with van der Waals surface area (Å²) < 4.78 is 5.66. The molecule has 0 aromatic heterocycles. The smallest absolute Gasteiger partial charge is 0.285 e. The van der Waals surface area contributed by atoms with Crippen LogP contribution in [0.3, 0.4) is 0 Å². The maximum absolute atomic E-state index is 12.4. The number of amides is 2. The van der Waals surface area contributed by atoms with Gasteiger partial charge in [0.25, 0.3) is 11.1 Å². The number of carbonyl (C=O) groups is 2. The Balaban J connectivity index is 1.88.